The van der Waals surface area contributed by atoms with Crippen molar-refractivity contribution in [2.45, 2.75) is 13.0 Å². The summed E-state index contributed by atoms with van der Waals surface area (Å²) < 4.78 is 23.6. The first-order chi connectivity index (χ1) is 13.0. The van der Waals surface area contributed by atoms with Crippen molar-refractivity contribution in [3.8, 4) is 11.5 Å². The number of nitrogens with one attached hydrogen (secondary N) is 1. The normalized spacial score (nSPS) is 12.9. The van der Waals surface area contributed by atoms with Crippen LogP contribution in [0.1, 0.15) is 21.5 Å². The molecule has 3 rings (SSSR count). The van der Waals surface area contributed by atoms with Gasteiger partial charge in [-0.2, -0.15) is 0 Å². The highest BCUT2D eigenvalue weighted by molar-refractivity contribution is 5.96. The highest BCUT2D eigenvalue weighted by Crippen LogP contribution is 2.33. The SMILES string of the molecule is COc1cc2c(cc1OC)CN(C(=O)CNC(=O)c1ccc(F)cc1)CC2. The molecule has 1 heterocycles. The average molecular weight is 372 g/mol. The number of benzene rings is 2. The van der Waals surface area contributed by atoms with Gasteiger partial charge in [-0.3, -0.25) is 9.59 Å². The number of ether oxygens (including phenoxy) is 2. The lowest BCUT2D eigenvalue weighted by atomic mass is 9.98. The molecule has 27 heavy (non-hydrogen) atoms. The third kappa shape index (κ3) is 4.19. The molecule has 0 saturated carbocycles. The van der Waals surface area contributed by atoms with Crippen LogP contribution in [-0.4, -0.2) is 44.0 Å². The first-order valence-corrected chi connectivity index (χ1v) is 8.57. The molecule has 0 fully saturated rings. The van der Waals surface area contributed by atoms with Crippen LogP contribution in [0.4, 0.5) is 4.39 Å². The lowest BCUT2D eigenvalue weighted by Gasteiger charge is -2.29. The fraction of sp³-hybridized carbons (Fsp3) is 0.300. The number of fused-ring (bicyclic) bond motifs is 1. The van der Waals surface area contributed by atoms with Gasteiger partial charge in [0.1, 0.15) is 5.82 Å². The van der Waals surface area contributed by atoms with Crippen molar-refractivity contribution in [3.63, 3.8) is 0 Å². The van der Waals surface area contributed by atoms with Gasteiger partial charge in [0, 0.05) is 18.7 Å². The Kier molecular flexibility index (Phi) is 5.59. The van der Waals surface area contributed by atoms with E-state index in [1.165, 1.54) is 24.3 Å². The molecule has 7 heteroatoms. The number of carbonyl (C=O) groups excluding carboxylic acids is 2. The largest absolute Gasteiger partial charge is 0.493 e. The Balaban J connectivity index is 1.62. The maximum absolute atomic E-state index is 12.9. The fourth-order valence-electron chi connectivity index (χ4n) is 3.07. The van der Waals surface area contributed by atoms with Crippen LogP contribution in [0.15, 0.2) is 36.4 Å². The summed E-state index contributed by atoms with van der Waals surface area (Å²) in [7, 11) is 3.16. The zero-order valence-electron chi connectivity index (χ0n) is 15.3. The molecule has 0 radical (unpaired) electrons. The molecule has 1 aliphatic heterocycles. The summed E-state index contributed by atoms with van der Waals surface area (Å²) in [5, 5.41) is 2.58. The molecule has 2 amide bonds. The predicted octanol–water partition coefficient (Wildman–Crippen LogP) is 2.16. The van der Waals surface area contributed by atoms with Crippen LogP contribution in [0.25, 0.3) is 0 Å². The zero-order chi connectivity index (χ0) is 19.4. The van der Waals surface area contributed by atoms with Crippen molar-refractivity contribution in [2.24, 2.45) is 0 Å². The number of hydrogen-bond donors (Lipinski definition) is 1. The van der Waals surface area contributed by atoms with E-state index in [0.29, 0.717) is 36.6 Å². The molecular formula is C20H21FN2O4. The van der Waals surface area contributed by atoms with Crippen molar-refractivity contribution < 1.29 is 23.5 Å². The Hall–Kier alpha value is -3.09. The van der Waals surface area contributed by atoms with E-state index in [2.05, 4.69) is 5.32 Å². The van der Waals surface area contributed by atoms with Crippen LogP contribution in [0, 0.1) is 5.82 Å². The summed E-state index contributed by atoms with van der Waals surface area (Å²) >= 11 is 0. The third-order valence-electron chi connectivity index (χ3n) is 4.58. The fourth-order valence-corrected chi connectivity index (χ4v) is 3.07. The molecule has 0 aromatic heterocycles. The Morgan fingerprint density at radius 3 is 2.33 bits per heavy atom. The number of methoxy groups -OCH3 is 2. The van der Waals surface area contributed by atoms with E-state index in [1.54, 1.807) is 19.1 Å². The molecule has 1 N–H and O–H groups in total. The van der Waals surface area contributed by atoms with Crippen LogP contribution in [-0.2, 0) is 17.8 Å². The zero-order valence-corrected chi connectivity index (χ0v) is 15.3. The van der Waals surface area contributed by atoms with Gasteiger partial charge in [-0.05, 0) is 53.9 Å². The average Bonchev–Trinajstić information content (AvgIpc) is 2.70. The van der Waals surface area contributed by atoms with Gasteiger partial charge in [0.05, 0.1) is 20.8 Å². The smallest absolute Gasteiger partial charge is 0.251 e. The maximum atomic E-state index is 12.9. The second-order valence-electron chi connectivity index (χ2n) is 6.23. The van der Waals surface area contributed by atoms with Crippen LogP contribution in [0.5, 0.6) is 11.5 Å². The summed E-state index contributed by atoms with van der Waals surface area (Å²) in [6.07, 6.45) is 0.702. The molecule has 2 aromatic rings. The van der Waals surface area contributed by atoms with Crippen LogP contribution < -0.4 is 14.8 Å². The quantitative estimate of drug-likeness (QED) is 0.873. The lowest BCUT2D eigenvalue weighted by Crippen LogP contribution is -2.42. The molecule has 0 bridgehead atoms. The monoisotopic (exact) mass is 372 g/mol. The van der Waals surface area contributed by atoms with Crippen molar-refractivity contribution in [2.75, 3.05) is 27.3 Å². The van der Waals surface area contributed by atoms with Gasteiger partial charge in [0.25, 0.3) is 5.91 Å². The second kappa shape index (κ2) is 8.07. The summed E-state index contributed by atoms with van der Waals surface area (Å²) in [6, 6.07) is 8.99. The van der Waals surface area contributed by atoms with Crippen molar-refractivity contribution >= 4 is 11.8 Å². The minimum absolute atomic E-state index is 0.112. The van der Waals surface area contributed by atoms with E-state index in [0.717, 1.165) is 11.1 Å². The van der Waals surface area contributed by atoms with E-state index in [1.807, 2.05) is 12.1 Å². The molecule has 0 unspecified atom stereocenters. The van der Waals surface area contributed by atoms with E-state index < -0.39 is 11.7 Å². The van der Waals surface area contributed by atoms with Crippen LogP contribution in [0.2, 0.25) is 0 Å². The molecule has 0 spiro atoms. The highest BCUT2D eigenvalue weighted by atomic mass is 19.1. The Labute approximate surface area is 156 Å². The second-order valence-corrected chi connectivity index (χ2v) is 6.23. The van der Waals surface area contributed by atoms with Gasteiger partial charge in [-0.15, -0.1) is 0 Å². The van der Waals surface area contributed by atoms with Gasteiger partial charge in [0.2, 0.25) is 5.91 Å². The molecule has 0 aliphatic carbocycles. The first-order valence-electron chi connectivity index (χ1n) is 8.57. The molecule has 0 atom stereocenters. The topological polar surface area (TPSA) is 67.9 Å². The number of nitrogens with zero attached hydrogens (tertiary/aromatic N) is 1. The molecule has 2 aromatic carbocycles. The van der Waals surface area contributed by atoms with E-state index >= 15 is 0 Å². The van der Waals surface area contributed by atoms with Crippen molar-refractivity contribution in [3.05, 3.63) is 58.9 Å². The maximum Gasteiger partial charge on any atom is 0.251 e. The van der Waals surface area contributed by atoms with Gasteiger partial charge >= 0.3 is 0 Å². The van der Waals surface area contributed by atoms with E-state index in [-0.39, 0.29) is 12.5 Å². The standard InChI is InChI=1S/C20H21FN2O4/c1-26-17-9-14-7-8-23(12-15(14)10-18(17)27-2)19(24)11-22-20(25)13-3-5-16(21)6-4-13/h3-6,9-10H,7-8,11-12H2,1-2H3,(H,22,25). The Bertz CT molecular complexity index is 852. The number of rotatable bonds is 5. The van der Waals surface area contributed by atoms with Gasteiger partial charge in [0.15, 0.2) is 11.5 Å². The van der Waals surface area contributed by atoms with Crippen molar-refractivity contribution in [1.29, 1.82) is 0 Å². The molecule has 142 valence electrons. The molecule has 6 nitrogen and oxygen atoms in total. The molecule has 0 saturated heterocycles. The van der Waals surface area contributed by atoms with Gasteiger partial charge < -0.3 is 19.7 Å². The minimum atomic E-state index is -0.415. The van der Waals surface area contributed by atoms with E-state index in [4.69, 9.17) is 9.47 Å². The Morgan fingerprint density at radius 1 is 1.07 bits per heavy atom. The van der Waals surface area contributed by atoms with Crippen molar-refractivity contribution in [1.82, 2.24) is 10.2 Å². The van der Waals surface area contributed by atoms with E-state index in [9.17, 15) is 14.0 Å². The number of hydrogen-bond acceptors (Lipinski definition) is 4. The summed E-state index contributed by atoms with van der Waals surface area (Å²) in [5.74, 6) is 0.289. The predicted molar refractivity (Wildman–Crippen MR) is 97.4 cm³/mol. The number of halogens is 1. The lowest BCUT2D eigenvalue weighted by molar-refractivity contribution is -0.131. The summed E-state index contributed by atoms with van der Waals surface area (Å²) in [4.78, 5) is 26.2. The van der Waals surface area contributed by atoms with Crippen LogP contribution in [0.3, 0.4) is 0 Å². The Morgan fingerprint density at radius 2 is 1.70 bits per heavy atom. The third-order valence-corrected chi connectivity index (χ3v) is 4.58. The molecular weight excluding hydrogens is 351 g/mol. The first kappa shape index (κ1) is 18.7. The minimum Gasteiger partial charge on any atom is -0.493 e. The number of amides is 2. The van der Waals surface area contributed by atoms with Gasteiger partial charge in [-0.25, -0.2) is 4.39 Å². The number of carbonyl (C=O) groups is 2. The van der Waals surface area contributed by atoms with Gasteiger partial charge in [-0.1, -0.05) is 0 Å². The highest BCUT2D eigenvalue weighted by Gasteiger charge is 2.23. The summed E-state index contributed by atoms with van der Waals surface area (Å²) in [6.45, 7) is 0.896. The van der Waals surface area contributed by atoms with Crippen LogP contribution >= 0.6 is 0 Å². The summed E-state index contributed by atoms with van der Waals surface area (Å²) in [5.41, 5.74) is 2.43. The molecule has 1 aliphatic rings.